The Morgan fingerprint density at radius 3 is 2.51 bits per heavy atom. The van der Waals surface area contributed by atoms with Crippen LogP contribution >= 0.6 is 11.6 Å². The number of likely N-dealkylation sites (N-methyl/N-ethyl adjacent to an activating group) is 1. The Hall–Kier alpha value is -3.71. The van der Waals surface area contributed by atoms with Gasteiger partial charge in [-0.05, 0) is 61.9 Å². The lowest BCUT2D eigenvalue weighted by molar-refractivity contribution is -0.122. The predicted molar refractivity (Wildman–Crippen MR) is 140 cm³/mol. The first kappa shape index (κ1) is 24.4. The summed E-state index contributed by atoms with van der Waals surface area (Å²) in [6.07, 6.45) is 0.315. The van der Waals surface area contributed by atoms with Gasteiger partial charge in [0.15, 0.2) is 0 Å². The zero-order chi connectivity index (χ0) is 24.9. The molecule has 0 radical (unpaired) electrons. The molecule has 1 atom stereocenters. The first-order valence-electron chi connectivity index (χ1n) is 11.5. The standard InChI is InChI=1S/C27H29ClN4O3/c1-17(2)35-25-13-10-19(15-21(25)28)26(33)31-23(27(34)29-3)14-18-8-11-20(12-9-18)32-16-30-22-6-4-5-7-24(22)32/h4-13,15,17,23,30H,14,16H2,1-3H3,(H,29,34)(H,31,33). The fourth-order valence-electron chi connectivity index (χ4n) is 4.00. The Labute approximate surface area is 210 Å². The Bertz CT molecular complexity index is 1210. The predicted octanol–water partition coefficient (Wildman–Crippen LogP) is 4.74. The van der Waals surface area contributed by atoms with Crippen molar-refractivity contribution in [1.82, 2.24) is 10.6 Å². The second-order valence-electron chi connectivity index (χ2n) is 8.60. The van der Waals surface area contributed by atoms with Gasteiger partial charge in [-0.3, -0.25) is 9.59 Å². The number of hydrogen-bond donors (Lipinski definition) is 3. The van der Waals surface area contributed by atoms with Crippen LogP contribution in [0.2, 0.25) is 5.02 Å². The van der Waals surface area contributed by atoms with E-state index in [2.05, 4.69) is 33.0 Å². The smallest absolute Gasteiger partial charge is 0.251 e. The fraction of sp³-hybridized carbons (Fsp3) is 0.259. The molecular formula is C27H29ClN4O3. The van der Waals surface area contributed by atoms with Crippen molar-refractivity contribution in [2.75, 3.05) is 23.9 Å². The number of halogens is 1. The van der Waals surface area contributed by atoms with Gasteiger partial charge in [-0.1, -0.05) is 35.9 Å². The molecular weight excluding hydrogens is 464 g/mol. The van der Waals surface area contributed by atoms with Crippen molar-refractivity contribution in [3.63, 3.8) is 0 Å². The van der Waals surface area contributed by atoms with Crippen LogP contribution in [-0.4, -0.2) is 37.7 Å². The van der Waals surface area contributed by atoms with E-state index in [1.54, 1.807) is 25.2 Å². The minimum atomic E-state index is -0.738. The minimum Gasteiger partial charge on any atom is -0.489 e. The molecule has 2 amide bonds. The van der Waals surface area contributed by atoms with Gasteiger partial charge >= 0.3 is 0 Å². The Kier molecular flexibility index (Phi) is 7.46. The highest BCUT2D eigenvalue weighted by atomic mass is 35.5. The molecule has 0 fully saturated rings. The molecule has 0 bridgehead atoms. The van der Waals surface area contributed by atoms with Gasteiger partial charge in [0.05, 0.1) is 29.2 Å². The number of carbonyl (C=O) groups excluding carboxylic acids is 2. The molecule has 7 nitrogen and oxygen atoms in total. The number of hydrogen-bond acceptors (Lipinski definition) is 5. The van der Waals surface area contributed by atoms with Crippen molar-refractivity contribution in [2.45, 2.75) is 32.4 Å². The molecule has 4 rings (SSSR count). The van der Waals surface area contributed by atoms with Gasteiger partial charge < -0.3 is 25.6 Å². The van der Waals surface area contributed by atoms with Crippen LogP contribution in [0.4, 0.5) is 17.1 Å². The summed E-state index contributed by atoms with van der Waals surface area (Å²) in [6, 6.07) is 20.3. The quantitative estimate of drug-likeness (QED) is 0.423. The van der Waals surface area contributed by atoms with Crippen molar-refractivity contribution in [3.05, 3.63) is 82.9 Å². The molecule has 35 heavy (non-hydrogen) atoms. The molecule has 0 spiro atoms. The molecule has 3 aromatic rings. The van der Waals surface area contributed by atoms with Crippen LogP contribution in [0.5, 0.6) is 5.75 Å². The Morgan fingerprint density at radius 2 is 1.83 bits per heavy atom. The number of nitrogens with zero attached hydrogens (tertiary/aromatic N) is 1. The van der Waals surface area contributed by atoms with E-state index in [-0.39, 0.29) is 17.9 Å². The van der Waals surface area contributed by atoms with Gasteiger partial charge in [0, 0.05) is 24.7 Å². The molecule has 1 unspecified atom stereocenters. The van der Waals surface area contributed by atoms with E-state index in [1.165, 1.54) is 0 Å². The highest BCUT2D eigenvalue weighted by Gasteiger charge is 2.23. The lowest BCUT2D eigenvalue weighted by atomic mass is 10.0. The third kappa shape index (κ3) is 5.69. The largest absolute Gasteiger partial charge is 0.489 e. The van der Waals surface area contributed by atoms with Gasteiger partial charge in [0.25, 0.3) is 5.91 Å². The maximum Gasteiger partial charge on any atom is 0.251 e. The molecule has 0 saturated heterocycles. The first-order valence-corrected chi connectivity index (χ1v) is 11.9. The van der Waals surface area contributed by atoms with E-state index in [0.717, 1.165) is 22.6 Å². The van der Waals surface area contributed by atoms with E-state index in [1.807, 2.05) is 50.2 Å². The molecule has 1 aliphatic rings. The summed E-state index contributed by atoms with van der Waals surface area (Å²) in [5.41, 5.74) is 4.56. The molecule has 0 aromatic heterocycles. The number of carbonyl (C=O) groups is 2. The second-order valence-corrected chi connectivity index (χ2v) is 9.01. The highest BCUT2D eigenvalue weighted by Crippen LogP contribution is 2.36. The van der Waals surface area contributed by atoms with E-state index < -0.39 is 6.04 Å². The molecule has 3 N–H and O–H groups in total. The van der Waals surface area contributed by atoms with Crippen LogP contribution in [0.1, 0.15) is 29.8 Å². The van der Waals surface area contributed by atoms with Crippen molar-refractivity contribution in [3.8, 4) is 5.75 Å². The maximum atomic E-state index is 12.9. The monoisotopic (exact) mass is 492 g/mol. The van der Waals surface area contributed by atoms with Crippen molar-refractivity contribution in [2.24, 2.45) is 0 Å². The lowest BCUT2D eigenvalue weighted by Gasteiger charge is -2.20. The number of anilines is 3. The van der Waals surface area contributed by atoms with E-state index in [9.17, 15) is 9.59 Å². The van der Waals surface area contributed by atoms with Gasteiger partial charge in [0.1, 0.15) is 11.8 Å². The van der Waals surface area contributed by atoms with Crippen LogP contribution in [0.3, 0.4) is 0 Å². The summed E-state index contributed by atoms with van der Waals surface area (Å²) >= 11 is 6.28. The zero-order valence-electron chi connectivity index (χ0n) is 20.0. The molecule has 0 aliphatic carbocycles. The number of amides is 2. The summed E-state index contributed by atoms with van der Waals surface area (Å²) in [7, 11) is 1.55. The number of rotatable bonds is 8. The first-order chi connectivity index (χ1) is 16.9. The molecule has 1 aliphatic heterocycles. The number of para-hydroxylation sites is 2. The second kappa shape index (κ2) is 10.7. The molecule has 1 heterocycles. The normalized spacial score (nSPS) is 13.1. The number of fused-ring (bicyclic) bond motifs is 1. The molecule has 3 aromatic carbocycles. The third-order valence-corrected chi connectivity index (χ3v) is 6.03. The summed E-state index contributed by atoms with van der Waals surface area (Å²) in [6.45, 7) is 4.50. The van der Waals surface area contributed by atoms with Gasteiger partial charge in [-0.25, -0.2) is 0 Å². The van der Waals surface area contributed by atoms with Gasteiger partial charge in [-0.15, -0.1) is 0 Å². The van der Waals surface area contributed by atoms with Crippen LogP contribution in [0.25, 0.3) is 0 Å². The van der Waals surface area contributed by atoms with Crippen molar-refractivity contribution >= 4 is 40.5 Å². The maximum absolute atomic E-state index is 12.9. The SMILES string of the molecule is CNC(=O)C(Cc1ccc(N2CNc3ccccc32)cc1)NC(=O)c1ccc(OC(C)C)c(Cl)c1. The van der Waals surface area contributed by atoms with Gasteiger partial charge in [0.2, 0.25) is 5.91 Å². The summed E-state index contributed by atoms with van der Waals surface area (Å²) in [5, 5.41) is 9.19. The summed E-state index contributed by atoms with van der Waals surface area (Å²) < 4.78 is 5.63. The third-order valence-electron chi connectivity index (χ3n) is 5.74. The topological polar surface area (TPSA) is 82.7 Å². The van der Waals surface area contributed by atoms with Crippen LogP contribution in [0.15, 0.2) is 66.7 Å². The zero-order valence-corrected chi connectivity index (χ0v) is 20.7. The molecule has 0 saturated carbocycles. The lowest BCUT2D eigenvalue weighted by Crippen LogP contribution is -2.47. The number of nitrogens with one attached hydrogen (secondary N) is 3. The summed E-state index contributed by atoms with van der Waals surface area (Å²) in [5.74, 6) is -0.143. The highest BCUT2D eigenvalue weighted by molar-refractivity contribution is 6.32. The van der Waals surface area contributed by atoms with E-state index >= 15 is 0 Å². The summed E-state index contributed by atoms with van der Waals surface area (Å²) in [4.78, 5) is 27.6. The van der Waals surface area contributed by atoms with Crippen molar-refractivity contribution in [1.29, 1.82) is 0 Å². The van der Waals surface area contributed by atoms with E-state index in [4.69, 9.17) is 16.3 Å². The average molecular weight is 493 g/mol. The Balaban J connectivity index is 1.45. The fourth-order valence-corrected chi connectivity index (χ4v) is 4.23. The minimum absolute atomic E-state index is 0.0346. The van der Waals surface area contributed by atoms with Crippen LogP contribution in [-0.2, 0) is 11.2 Å². The number of ether oxygens (including phenoxy) is 1. The molecule has 8 heteroatoms. The van der Waals surface area contributed by atoms with E-state index in [0.29, 0.717) is 29.4 Å². The number of benzene rings is 3. The Morgan fingerprint density at radius 1 is 1.09 bits per heavy atom. The average Bonchev–Trinajstić information content (AvgIpc) is 3.28. The van der Waals surface area contributed by atoms with Crippen LogP contribution < -0.4 is 25.6 Å². The van der Waals surface area contributed by atoms with Gasteiger partial charge in [-0.2, -0.15) is 0 Å². The van der Waals surface area contributed by atoms with Crippen molar-refractivity contribution < 1.29 is 14.3 Å². The molecule has 182 valence electrons. The van der Waals surface area contributed by atoms with Crippen LogP contribution in [0, 0.1) is 0 Å².